The molecule has 1 aromatic carbocycles. The monoisotopic (exact) mass is 424 g/mol. The molecule has 1 aliphatic rings. The van der Waals surface area contributed by atoms with E-state index in [0.29, 0.717) is 0 Å². The van der Waals surface area contributed by atoms with Gasteiger partial charge < -0.3 is 15.4 Å². The zero-order valence-corrected chi connectivity index (χ0v) is 18.6. The van der Waals surface area contributed by atoms with Crippen molar-refractivity contribution in [2.45, 2.75) is 27.2 Å². The summed E-state index contributed by atoms with van der Waals surface area (Å²) in [5.74, 6) is 0.972. The molecule has 8 nitrogen and oxygen atoms in total. The molecule has 31 heavy (non-hydrogen) atoms. The number of amides is 1. The molecule has 0 unspecified atom stereocenters. The number of ether oxygens (including phenoxy) is 1. The van der Waals surface area contributed by atoms with Crippen LogP contribution < -0.4 is 10.6 Å². The summed E-state index contributed by atoms with van der Waals surface area (Å²) in [6.45, 7) is 11.3. The van der Waals surface area contributed by atoms with Gasteiger partial charge in [0.1, 0.15) is 5.82 Å². The summed E-state index contributed by atoms with van der Waals surface area (Å²) in [4.78, 5) is 17.5. The summed E-state index contributed by atoms with van der Waals surface area (Å²) in [6.07, 6.45) is 2.80. The number of aryl methyl sites for hydroxylation is 2. The lowest BCUT2D eigenvalue weighted by Gasteiger charge is -2.26. The number of morpholine rings is 1. The summed E-state index contributed by atoms with van der Waals surface area (Å²) in [5.41, 5.74) is 4.03. The van der Waals surface area contributed by atoms with Crippen LogP contribution in [0.25, 0.3) is 5.65 Å². The van der Waals surface area contributed by atoms with E-state index < -0.39 is 0 Å². The zero-order chi connectivity index (χ0) is 22.1. The van der Waals surface area contributed by atoms with Crippen LogP contribution in [0.2, 0.25) is 0 Å². The third kappa shape index (κ3) is 7.04. The fourth-order valence-corrected chi connectivity index (χ4v) is 3.36. The van der Waals surface area contributed by atoms with Gasteiger partial charge in [-0.05, 0) is 31.0 Å². The van der Waals surface area contributed by atoms with Crippen molar-refractivity contribution in [3.05, 3.63) is 53.9 Å². The average Bonchev–Trinajstić information content (AvgIpc) is 3.24. The highest BCUT2D eigenvalue weighted by molar-refractivity contribution is 5.88. The molecule has 0 atom stereocenters. The summed E-state index contributed by atoms with van der Waals surface area (Å²) in [7, 11) is 0. The van der Waals surface area contributed by atoms with E-state index in [1.807, 2.05) is 47.8 Å². The van der Waals surface area contributed by atoms with Gasteiger partial charge >= 0.3 is 0 Å². The van der Waals surface area contributed by atoms with Gasteiger partial charge in [-0.2, -0.15) is 9.61 Å². The number of nitrogens with zero attached hydrogens (tertiary/aromatic N) is 4. The normalized spacial score (nSPS) is 14.0. The Hall–Kier alpha value is -2.97. The summed E-state index contributed by atoms with van der Waals surface area (Å²) < 4.78 is 7.18. The second-order valence-electron chi connectivity index (χ2n) is 7.50. The molecule has 166 valence electrons. The molecule has 0 radical (unpaired) electrons. The number of fused-ring (bicyclic) bond motifs is 1. The van der Waals surface area contributed by atoms with Crippen LogP contribution in [0.3, 0.4) is 0 Å². The Labute approximate surface area is 183 Å². The predicted octanol–water partition coefficient (Wildman–Crippen LogP) is 2.99. The molecule has 0 bridgehead atoms. The summed E-state index contributed by atoms with van der Waals surface area (Å²) >= 11 is 0. The van der Waals surface area contributed by atoms with Crippen molar-refractivity contribution in [2.75, 3.05) is 50.0 Å². The fourth-order valence-electron chi connectivity index (χ4n) is 3.36. The van der Waals surface area contributed by atoms with E-state index in [0.717, 1.165) is 68.7 Å². The molecule has 8 heteroatoms. The minimum Gasteiger partial charge on any atom is -0.379 e. The van der Waals surface area contributed by atoms with Crippen molar-refractivity contribution in [3.63, 3.8) is 0 Å². The second kappa shape index (κ2) is 11.4. The zero-order valence-electron chi connectivity index (χ0n) is 18.6. The molecule has 3 heterocycles. The van der Waals surface area contributed by atoms with Crippen molar-refractivity contribution in [3.8, 4) is 0 Å². The van der Waals surface area contributed by atoms with Crippen molar-refractivity contribution in [1.29, 1.82) is 0 Å². The molecule has 2 aromatic heterocycles. The Morgan fingerprint density at radius 1 is 1.16 bits per heavy atom. The molecule has 0 saturated carbocycles. The minimum absolute atomic E-state index is 0.0285. The van der Waals surface area contributed by atoms with Crippen LogP contribution >= 0.6 is 0 Å². The number of hydrogen-bond acceptors (Lipinski definition) is 6. The SMILES string of the molecule is CCc1ccc(NC(C)=O)cc1.Cc1cc(NCCN2CCOCC2)n2nccc2n1. The third-order valence-electron chi connectivity index (χ3n) is 5.01. The molecular formula is C23H32N6O2. The maximum atomic E-state index is 10.7. The average molecular weight is 425 g/mol. The van der Waals surface area contributed by atoms with Crippen LogP contribution in [0.15, 0.2) is 42.6 Å². The van der Waals surface area contributed by atoms with Gasteiger partial charge in [0.15, 0.2) is 5.65 Å². The van der Waals surface area contributed by atoms with Crippen LogP contribution in [0, 0.1) is 6.92 Å². The van der Waals surface area contributed by atoms with Gasteiger partial charge in [0.05, 0.1) is 19.4 Å². The van der Waals surface area contributed by atoms with E-state index in [9.17, 15) is 4.79 Å². The van der Waals surface area contributed by atoms with Crippen LogP contribution in [-0.4, -0.2) is 64.8 Å². The number of anilines is 2. The lowest BCUT2D eigenvalue weighted by atomic mass is 10.1. The maximum absolute atomic E-state index is 10.7. The summed E-state index contributed by atoms with van der Waals surface area (Å²) in [5, 5.41) is 10.4. The standard InChI is InChI=1S/C13H19N5O.C10H13NO/c1-11-10-13(18-12(16-11)2-3-15-18)14-4-5-17-6-8-19-9-7-17;1-3-9-4-6-10(7-5-9)11-8(2)12/h2-3,10,14H,4-9H2,1H3;4-7H,3H2,1-2H3,(H,11,12). The number of carbonyl (C=O) groups is 1. The molecule has 4 rings (SSSR count). The van der Waals surface area contributed by atoms with E-state index in [-0.39, 0.29) is 5.91 Å². The summed E-state index contributed by atoms with van der Waals surface area (Å²) in [6, 6.07) is 11.8. The first-order chi connectivity index (χ1) is 15.0. The Morgan fingerprint density at radius 3 is 2.58 bits per heavy atom. The quantitative estimate of drug-likeness (QED) is 0.633. The highest BCUT2D eigenvalue weighted by Crippen LogP contribution is 2.11. The van der Waals surface area contributed by atoms with Crippen LogP contribution in [0.5, 0.6) is 0 Å². The number of rotatable bonds is 6. The first kappa shape index (κ1) is 22.7. The molecule has 1 amide bonds. The molecule has 1 fully saturated rings. The number of benzene rings is 1. The maximum Gasteiger partial charge on any atom is 0.221 e. The number of aromatic nitrogens is 3. The Bertz CT molecular complexity index is 964. The van der Waals surface area contributed by atoms with Gasteiger partial charge in [0.25, 0.3) is 0 Å². The van der Waals surface area contributed by atoms with Gasteiger partial charge in [-0.15, -0.1) is 0 Å². The molecule has 0 aliphatic carbocycles. The van der Waals surface area contributed by atoms with E-state index >= 15 is 0 Å². The van der Waals surface area contributed by atoms with Crippen molar-refractivity contribution < 1.29 is 9.53 Å². The molecular weight excluding hydrogens is 392 g/mol. The molecule has 1 saturated heterocycles. The highest BCUT2D eigenvalue weighted by Gasteiger charge is 2.10. The van der Waals surface area contributed by atoms with E-state index in [1.54, 1.807) is 6.20 Å². The Balaban J connectivity index is 0.000000196. The van der Waals surface area contributed by atoms with Gasteiger partial charge in [-0.1, -0.05) is 19.1 Å². The second-order valence-corrected chi connectivity index (χ2v) is 7.50. The largest absolute Gasteiger partial charge is 0.379 e. The van der Waals surface area contributed by atoms with E-state index in [2.05, 4.69) is 32.5 Å². The first-order valence-corrected chi connectivity index (χ1v) is 10.8. The minimum atomic E-state index is -0.0285. The van der Waals surface area contributed by atoms with E-state index in [4.69, 9.17) is 4.74 Å². The van der Waals surface area contributed by atoms with Crippen LogP contribution in [0.4, 0.5) is 11.5 Å². The number of nitrogens with one attached hydrogen (secondary N) is 2. The third-order valence-corrected chi connectivity index (χ3v) is 5.01. The number of hydrogen-bond donors (Lipinski definition) is 2. The predicted molar refractivity (Wildman–Crippen MR) is 124 cm³/mol. The molecule has 2 N–H and O–H groups in total. The van der Waals surface area contributed by atoms with Crippen LogP contribution in [-0.2, 0) is 16.0 Å². The van der Waals surface area contributed by atoms with Gasteiger partial charge in [-0.25, -0.2) is 4.98 Å². The smallest absolute Gasteiger partial charge is 0.221 e. The van der Waals surface area contributed by atoms with Crippen LogP contribution in [0.1, 0.15) is 25.1 Å². The number of carbonyl (C=O) groups excluding carboxylic acids is 1. The van der Waals surface area contributed by atoms with Gasteiger partial charge in [0.2, 0.25) is 5.91 Å². The Kier molecular flexibility index (Phi) is 8.37. The molecule has 3 aromatic rings. The topological polar surface area (TPSA) is 83.8 Å². The molecule has 1 aliphatic heterocycles. The van der Waals surface area contributed by atoms with Crippen molar-refractivity contribution in [1.82, 2.24) is 19.5 Å². The highest BCUT2D eigenvalue weighted by atomic mass is 16.5. The van der Waals surface area contributed by atoms with Gasteiger partial charge in [0, 0.05) is 56.6 Å². The Morgan fingerprint density at radius 2 is 1.90 bits per heavy atom. The lowest BCUT2D eigenvalue weighted by molar-refractivity contribution is -0.114. The molecule has 0 spiro atoms. The fraction of sp³-hybridized carbons (Fsp3) is 0.435. The van der Waals surface area contributed by atoms with Crippen molar-refractivity contribution >= 4 is 23.1 Å². The van der Waals surface area contributed by atoms with Gasteiger partial charge in [-0.3, -0.25) is 9.69 Å². The first-order valence-electron chi connectivity index (χ1n) is 10.8. The van der Waals surface area contributed by atoms with E-state index in [1.165, 1.54) is 12.5 Å². The lowest BCUT2D eigenvalue weighted by Crippen LogP contribution is -2.39. The van der Waals surface area contributed by atoms with Crippen molar-refractivity contribution in [2.24, 2.45) is 0 Å².